The van der Waals surface area contributed by atoms with Gasteiger partial charge in [0.2, 0.25) is 0 Å². The predicted octanol–water partition coefficient (Wildman–Crippen LogP) is 2.57. The highest BCUT2D eigenvalue weighted by Gasteiger charge is 2.08. The highest BCUT2D eigenvalue weighted by Crippen LogP contribution is 2.27. The fourth-order valence-electron chi connectivity index (χ4n) is 1.85. The Morgan fingerprint density at radius 3 is 2.72 bits per heavy atom. The molecule has 0 N–H and O–H groups in total. The van der Waals surface area contributed by atoms with Crippen LogP contribution in [0.25, 0.3) is 0 Å². The molecule has 0 amide bonds. The first-order valence-corrected chi connectivity index (χ1v) is 6.16. The summed E-state index contributed by atoms with van der Waals surface area (Å²) < 4.78 is 7.08. The fourth-order valence-corrected chi connectivity index (χ4v) is 2.04. The highest BCUT2D eigenvalue weighted by atomic mass is 35.5. The van der Waals surface area contributed by atoms with E-state index in [0.717, 1.165) is 40.4 Å². The molecule has 4 nitrogen and oxygen atoms in total. The molecule has 0 bridgehead atoms. The molecule has 5 heteroatoms. The SMILES string of the molecule is COc1cc(C)c(Cl)cc1CCc1cn(C)nn1. The van der Waals surface area contributed by atoms with Crippen LogP contribution in [0, 0.1) is 6.92 Å². The number of hydrogen-bond acceptors (Lipinski definition) is 3. The van der Waals surface area contributed by atoms with Gasteiger partial charge in [0.05, 0.1) is 12.8 Å². The van der Waals surface area contributed by atoms with Gasteiger partial charge >= 0.3 is 0 Å². The molecule has 0 radical (unpaired) electrons. The number of methoxy groups -OCH3 is 1. The highest BCUT2D eigenvalue weighted by molar-refractivity contribution is 6.31. The van der Waals surface area contributed by atoms with Gasteiger partial charge in [0.15, 0.2) is 0 Å². The van der Waals surface area contributed by atoms with Gasteiger partial charge in [0, 0.05) is 18.3 Å². The third kappa shape index (κ3) is 2.82. The van der Waals surface area contributed by atoms with Gasteiger partial charge in [-0.1, -0.05) is 16.8 Å². The van der Waals surface area contributed by atoms with Crippen molar-refractivity contribution in [3.05, 3.63) is 40.2 Å². The smallest absolute Gasteiger partial charge is 0.122 e. The average Bonchev–Trinajstić information content (AvgIpc) is 2.76. The Balaban J connectivity index is 2.15. The molecule has 0 saturated heterocycles. The normalized spacial score (nSPS) is 10.7. The van der Waals surface area contributed by atoms with Gasteiger partial charge in [-0.25, -0.2) is 0 Å². The molecule has 0 atom stereocenters. The minimum atomic E-state index is 0.768. The minimum Gasteiger partial charge on any atom is -0.496 e. The minimum absolute atomic E-state index is 0.768. The molecule has 0 spiro atoms. The lowest BCUT2D eigenvalue weighted by atomic mass is 10.1. The molecule has 96 valence electrons. The molecule has 2 rings (SSSR count). The van der Waals surface area contributed by atoms with E-state index >= 15 is 0 Å². The van der Waals surface area contributed by atoms with Gasteiger partial charge in [-0.3, -0.25) is 4.68 Å². The van der Waals surface area contributed by atoms with E-state index in [0.29, 0.717) is 0 Å². The summed E-state index contributed by atoms with van der Waals surface area (Å²) in [6, 6.07) is 3.93. The second kappa shape index (κ2) is 5.40. The molecule has 0 aliphatic rings. The van der Waals surface area contributed by atoms with E-state index in [1.165, 1.54) is 0 Å². The largest absolute Gasteiger partial charge is 0.496 e. The summed E-state index contributed by atoms with van der Waals surface area (Å²) in [5, 5.41) is 8.75. The maximum atomic E-state index is 6.14. The average molecular weight is 266 g/mol. The summed E-state index contributed by atoms with van der Waals surface area (Å²) in [7, 11) is 3.54. The summed E-state index contributed by atoms with van der Waals surface area (Å²) in [6.07, 6.45) is 3.58. The van der Waals surface area contributed by atoms with Crippen molar-refractivity contribution in [2.24, 2.45) is 7.05 Å². The summed E-state index contributed by atoms with van der Waals surface area (Å²) in [4.78, 5) is 0. The van der Waals surface area contributed by atoms with Crippen molar-refractivity contribution in [3.63, 3.8) is 0 Å². The molecule has 2 aromatic rings. The van der Waals surface area contributed by atoms with E-state index in [1.54, 1.807) is 11.8 Å². The molecule has 1 aromatic carbocycles. The summed E-state index contributed by atoms with van der Waals surface area (Å²) >= 11 is 6.14. The second-order valence-electron chi connectivity index (χ2n) is 4.30. The van der Waals surface area contributed by atoms with Crippen LogP contribution in [0.1, 0.15) is 16.8 Å². The molecular weight excluding hydrogens is 250 g/mol. The Morgan fingerprint density at radius 2 is 2.11 bits per heavy atom. The van der Waals surface area contributed by atoms with Crippen molar-refractivity contribution in [1.82, 2.24) is 15.0 Å². The van der Waals surface area contributed by atoms with Crippen LogP contribution in [0.15, 0.2) is 18.3 Å². The van der Waals surface area contributed by atoms with Crippen LogP contribution < -0.4 is 4.74 Å². The van der Waals surface area contributed by atoms with Crippen LogP contribution in [-0.2, 0) is 19.9 Å². The lowest BCUT2D eigenvalue weighted by Gasteiger charge is -2.10. The molecule has 0 aliphatic carbocycles. The van der Waals surface area contributed by atoms with Crippen LogP contribution in [-0.4, -0.2) is 22.1 Å². The van der Waals surface area contributed by atoms with Crippen molar-refractivity contribution in [1.29, 1.82) is 0 Å². The fraction of sp³-hybridized carbons (Fsp3) is 0.385. The van der Waals surface area contributed by atoms with Gasteiger partial charge in [0.25, 0.3) is 0 Å². The van der Waals surface area contributed by atoms with Gasteiger partial charge in [0.1, 0.15) is 5.75 Å². The van der Waals surface area contributed by atoms with Crippen LogP contribution in [0.4, 0.5) is 0 Å². The van der Waals surface area contributed by atoms with Crippen molar-refractivity contribution in [2.75, 3.05) is 7.11 Å². The topological polar surface area (TPSA) is 39.9 Å². The Bertz CT molecular complexity index is 551. The van der Waals surface area contributed by atoms with Crippen LogP contribution in [0.2, 0.25) is 5.02 Å². The first kappa shape index (κ1) is 12.9. The first-order valence-electron chi connectivity index (χ1n) is 5.78. The second-order valence-corrected chi connectivity index (χ2v) is 4.70. The maximum Gasteiger partial charge on any atom is 0.122 e. The van der Waals surface area contributed by atoms with Gasteiger partial charge < -0.3 is 4.74 Å². The van der Waals surface area contributed by atoms with Crippen LogP contribution in [0.5, 0.6) is 5.75 Å². The number of ether oxygens (including phenoxy) is 1. The van der Waals surface area contributed by atoms with E-state index in [4.69, 9.17) is 16.3 Å². The Kier molecular flexibility index (Phi) is 3.87. The Morgan fingerprint density at radius 1 is 1.33 bits per heavy atom. The van der Waals surface area contributed by atoms with Crippen molar-refractivity contribution < 1.29 is 4.74 Å². The molecular formula is C13H16ClN3O. The quantitative estimate of drug-likeness (QED) is 0.853. The summed E-state index contributed by atoms with van der Waals surface area (Å²) in [6.45, 7) is 1.97. The lowest BCUT2D eigenvalue weighted by molar-refractivity contribution is 0.409. The zero-order valence-corrected chi connectivity index (χ0v) is 11.5. The standard InChI is InChI=1S/C13H16ClN3O/c1-9-6-13(18-3)10(7-12(9)14)4-5-11-8-17(2)16-15-11/h6-8H,4-5H2,1-3H3. The molecule has 1 aromatic heterocycles. The molecule has 0 fully saturated rings. The number of rotatable bonds is 4. The third-order valence-electron chi connectivity index (χ3n) is 2.86. The van der Waals surface area contributed by atoms with E-state index in [9.17, 15) is 0 Å². The Labute approximate surface area is 112 Å². The molecule has 0 saturated carbocycles. The summed E-state index contributed by atoms with van der Waals surface area (Å²) in [5.74, 6) is 0.876. The zero-order chi connectivity index (χ0) is 13.1. The van der Waals surface area contributed by atoms with Crippen molar-refractivity contribution in [3.8, 4) is 5.75 Å². The van der Waals surface area contributed by atoms with E-state index < -0.39 is 0 Å². The maximum absolute atomic E-state index is 6.14. The van der Waals surface area contributed by atoms with Gasteiger partial charge in [-0.15, -0.1) is 5.10 Å². The van der Waals surface area contributed by atoms with Crippen LogP contribution >= 0.6 is 11.6 Å². The third-order valence-corrected chi connectivity index (χ3v) is 3.27. The zero-order valence-electron chi connectivity index (χ0n) is 10.8. The number of nitrogens with zero attached hydrogens (tertiary/aromatic N) is 3. The van der Waals surface area contributed by atoms with E-state index in [-0.39, 0.29) is 0 Å². The molecule has 18 heavy (non-hydrogen) atoms. The lowest BCUT2D eigenvalue weighted by Crippen LogP contribution is -1.97. The van der Waals surface area contributed by atoms with Crippen molar-refractivity contribution >= 4 is 11.6 Å². The first-order chi connectivity index (χ1) is 8.60. The van der Waals surface area contributed by atoms with Gasteiger partial charge in [-0.05, 0) is 43.0 Å². The van der Waals surface area contributed by atoms with Crippen molar-refractivity contribution in [2.45, 2.75) is 19.8 Å². The number of benzene rings is 1. The number of halogens is 1. The molecule has 0 unspecified atom stereocenters. The van der Waals surface area contributed by atoms with Crippen LogP contribution in [0.3, 0.4) is 0 Å². The predicted molar refractivity (Wildman–Crippen MR) is 71.2 cm³/mol. The number of aromatic nitrogens is 3. The number of aryl methyl sites for hydroxylation is 4. The molecule has 1 heterocycles. The molecule has 0 aliphatic heterocycles. The van der Waals surface area contributed by atoms with Gasteiger partial charge in [-0.2, -0.15) is 0 Å². The monoisotopic (exact) mass is 265 g/mol. The van der Waals surface area contributed by atoms with E-state index in [2.05, 4.69) is 10.3 Å². The number of hydrogen-bond donors (Lipinski definition) is 0. The van der Waals surface area contributed by atoms with E-state index in [1.807, 2.05) is 32.3 Å². The summed E-state index contributed by atoms with van der Waals surface area (Å²) in [5.41, 5.74) is 3.09. The Hall–Kier alpha value is -1.55.